The second-order valence-corrected chi connectivity index (χ2v) is 8.42. The number of fused-ring (bicyclic) bond motifs is 1. The van der Waals surface area contributed by atoms with Crippen molar-refractivity contribution in [3.8, 4) is 5.75 Å². The quantitative estimate of drug-likeness (QED) is 0.714. The number of thiophene rings is 1. The highest BCUT2D eigenvalue weighted by molar-refractivity contribution is 7.17. The third kappa shape index (κ3) is 4.38. The molecule has 1 aliphatic carbocycles. The highest BCUT2D eigenvalue weighted by Gasteiger charge is 2.29. The lowest BCUT2D eigenvalue weighted by Gasteiger charge is -2.18. The topological polar surface area (TPSA) is 64.6 Å². The molecular weight excluding hydrogens is 374 g/mol. The van der Waals surface area contributed by atoms with E-state index in [9.17, 15) is 9.59 Å². The van der Waals surface area contributed by atoms with E-state index in [1.807, 2.05) is 32.0 Å². The van der Waals surface area contributed by atoms with Gasteiger partial charge in [-0.05, 0) is 68.7 Å². The van der Waals surface area contributed by atoms with Crippen molar-refractivity contribution in [2.24, 2.45) is 5.92 Å². The van der Waals surface area contributed by atoms with Gasteiger partial charge >= 0.3 is 5.97 Å². The number of carbonyl (C=O) groups is 2. The molecule has 28 heavy (non-hydrogen) atoms. The molecule has 0 spiro atoms. The van der Waals surface area contributed by atoms with Crippen molar-refractivity contribution in [3.63, 3.8) is 0 Å². The number of carbonyl (C=O) groups excluding carboxylic acids is 2. The molecule has 0 saturated carbocycles. The lowest BCUT2D eigenvalue weighted by atomic mass is 9.88. The molecule has 1 aromatic carbocycles. The Hall–Kier alpha value is -2.34. The summed E-state index contributed by atoms with van der Waals surface area (Å²) in [5, 5.41) is 3.46. The Morgan fingerprint density at radius 1 is 1.29 bits per heavy atom. The number of benzene rings is 1. The first-order valence-corrected chi connectivity index (χ1v) is 10.5. The molecule has 0 aliphatic heterocycles. The first-order valence-electron chi connectivity index (χ1n) is 9.71. The van der Waals surface area contributed by atoms with Crippen molar-refractivity contribution in [1.82, 2.24) is 0 Å². The van der Waals surface area contributed by atoms with Crippen molar-refractivity contribution in [3.05, 3.63) is 45.3 Å². The van der Waals surface area contributed by atoms with Crippen LogP contribution < -0.4 is 10.1 Å². The summed E-state index contributed by atoms with van der Waals surface area (Å²) in [7, 11) is 0. The molecule has 1 amide bonds. The predicted octanol–water partition coefficient (Wildman–Crippen LogP) is 4.68. The molecule has 1 N–H and O–H groups in total. The minimum atomic E-state index is -0.361. The minimum absolute atomic E-state index is 0.106. The van der Waals surface area contributed by atoms with Gasteiger partial charge in [-0.15, -0.1) is 11.3 Å². The number of aryl methyl sites for hydroxylation is 1. The van der Waals surface area contributed by atoms with Crippen LogP contribution >= 0.6 is 11.3 Å². The fourth-order valence-electron chi connectivity index (χ4n) is 3.44. The van der Waals surface area contributed by atoms with E-state index in [2.05, 4.69) is 12.2 Å². The average molecular weight is 402 g/mol. The maximum absolute atomic E-state index is 12.5. The summed E-state index contributed by atoms with van der Waals surface area (Å²) in [5.74, 6) is 0.635. The number of ether oxygens (including phenoxy) is 2. The van der Waals surface area contributed by atoms with E-state index in [0.29, 0.717) is 28.8 Å². The molecule has 0 fully saturated rings. The fourth-order valence-corrected chi connectivity index (χ4v) is 4.86. The molecular formula is C22H27NO4S. The van der Waals surface area contributed by atoms with Gasteiger partial charge in [0.25, 0.3) is 5.91 Å². The van der Waals surface area contributed by atoms with Gasteiger partial charge in [-0.25, -0.2) is 4.79 Å². The van der Waals surface area contributed by atoms with Gasteiger partial charge in [-0.3, -0.25) is 4.79 Å². The summed E-state index contributed by atoms with van der Waals surface area (Å²) in [4.78, 5) is 26.2. The molecule has 1 heterocycles. The van der Waals surface area contributed by atoms with Gasteiger partial charge in [-0.1, -0.05) is 19.1 Å². The van der Waals surface area contributed by atoms with Crippen LogP contribution in [0.3, 0.4) is 0 Å². The summed E-state index contributed by atoms with van der Waals surface area (Å²) < 4.78 is 10.9. The third-order valence-electron chi connectivity index (χ3n) is 5.16. The molecule has 2 aromatic rings. The van der Waals surface area contributed by atoms with Gasteiger partial charge in [-0.2, -0.15) is 0 Å². The second kappa shape index (κ2) is 8.78. The Morgan fingerprint density at radius 3 is 2.82 bits per heavy atom. The molecule has 150 valence electrons. The standard InChI is InChI=1S/C22H27NO4S/c1-5-26-22(25)20-16-10-9-13(2)11-18(16)28-21(20)23-19(24)12-27-17-8-6-7-14(3)15(17)4/h6-8,13H,5,9-12H2,1-4H3,(H,23,24)/t13-/m1/s1. The summed E-state index contributed by atoms with van der Waals surface area (Å²) in [5.41, 5.74) is 3.69. The zero-order valence-corrected chi connectivity index (χ0v) is 17.7. The smallest absolute Gasteiger partial charge is 0.341 e. The zero-order valence-electron chi connectivity index (χ0n) is 16.9. The van der Waals surface area contributed by atoms with E-state index < -0.39 is 0 Å². The molecule has 0 unspecified atom stereocenters. The highest BCUT2D eigenvalue weighted by Crippen LogP contribution is 2.40. The van der Waals surface area contributed by atoms with Crippen molar-refractivity contribution in [1.29, 1.82) is 0 Å². The Kier molecular flexibility index (Phi) is 6.39. The Morgan fingerprint density at radius 2 is 2.07 bits per heavy atom. The van der Waals surface area contributed by atoms with Crippen LogP contribution in [0.25, 0.3) is 0 Å². The van der Waals surface area contributed by atoms with E-state index in [1.54, 1.807) is 6.92 Å². The largest absolute Gasteiger partial charge is 0.483 e. The number of hydrogen-bond acceptors (Lipinski definition) is 5. The van der Waals surface area contributed by atoms with E-state index in [1.165, 1.54) is 16.2 Å². The predicted molar refractivity (Wildman–Crippen MR) is 112 cm³/mol. The molecule has 0 bridgehead atoms. The summed E-state index contributed by atoms with van der Waals surface area (Å²) in [6.45, 7) is 8.17. The van der Waals surface area contributed by atoms with E-state index in [-0.39, 0.29) is 18.5 Å². The molecule has 1 aliphatic rings. The van der Waals surface area contributed by atoms with Crippen LogP contribution in [0.2, 0.25) is 0 Å². The maximum Gasteiger partial charge on any atom is 0.341 e. The van der Waals surface area contributed by atoms with E-state index in [0.717, 1.165) is 36.0 Å². The monoisotopic (exact) mass is 401 g/mol. The fraction of sp³-hybridized carbons (Fsp3) is 0.455. The number of nitrogens with one attached hydrogen (secondary N) is 1. The van der Waals surface area contributed by atoms with Gasteiger partial charge in [0.2, 0.25) is 0 Å². The van der Waals surface area contributed by atoms with Gasteiger partial charge in [0, 0.05) is 4.88 Å². The Balaban J connectivity index is 1.76. The third-order valence-corrected chi connectivity index (χ3v) is 6.33. The lowest BCUT2D eigenvalue weighted by Crippen LogP contribution is -2.21. The van der Waals surface area contributed by atoms with E-state index in [4.69, 9.17) is 9.47 Å². The number of rotatable bonds is 6. The van der Waals surface area contributed by atoms with Crippen LogP contribution in [0.15, 0.2) is 18.2 Å². The van der Waals surface area contributed by atoms with Crippen LogP contribution in [0, 0.1) is 19.8 Å². The van der Waals surface area contributed by atoms with Crippen LogP contribution in [0.1, 0.15) is 52.2 Å². The van der Waals surface area contributed by atoms with Crippen molar-refractivity contribution >= 4 is 28.2 Å². The molecule has 5 nitrogen and oxygen atoms in total. The van der Waals surface area contributed by atoms with E-state index >= 15 is 0 Å². The summed E-state index contributed by atoms with van der Waals surface area (Å²) in [6.07, 6.45) is 2.82. The number of amides is 1. The number of esters is 1. The van der Waals surface area contributed by atoms with Gasteiger partial charge < -0.3 is 14.8 Å². The first-order chi connectivity index (χ1) is 13.4. The lowest BCUT2D eigenvalue weighted by molar-refractivity contribution is -0.118. The number of hydrogen-bond donors (Lipinski definition) is 1. The van der Waals surface area contributed by atoms with Crippen molar-refractivity contribution in [2.45, 2.75) is 47.0 Å². The molecule has 0 saturated heterocycles. The average Bonchev–Trinajstić information content (AvgIpc) is 2.99. The minimum Gasteiger partial charge on any atom is -0.483 e. The van der Waals surface area contributed by atoms with Crippen LogP contribution in [-0.2, 0) is 22.4 Å². The zero-order chi connectivity index (χ0) is 20.3. The van der Waals surface area contributed by atoms with Crippen molar-refractivity contribution in [2.75, 3.05) is 18.5 Å². The molecule has 6 heteroatoms. The maximum atomic E-state index is 12.5. The van der Waals surface area contributed by atoms with Crippen LogP contribution in [0.4, 0.5) is 5.00 Å². The normalized spacial score (nSPS) is 15.6. The molecule has 3 rings (SSSR count). The van der Waals surface area contributed by atoms with Gasteiger partial charge in [0.1, 0.15) is 10.8 Å². The Labute approximate surface area is 170 Å². The first kappa shape index (κ1) is 20.4. The summed E-state index contributed by atoms with van der Waals surface area (Å²) >= 11 is 1.49. The Bertz CT molecular complexity index is 887. The second-order valence-electron chi connectivity index (χ2n) is 7.31. The molecule has 1 aromatic heterocycles. The summed E-state index contributed by atoms with van der Waals surface area (Å²) in [6, 6.07) is 5.76. The SMILES string of the molecule is CCOC(=O)c1c(NC(=O)COc2cccc(C)c2C)sc2c1CC[C@@H](C)C2. The molecule has 1 atom stereocenters. The van der Waals surface area contributed by atoms with Crippen molar-refractivity contribution < 1.29 is 19.1 Å². The van der Waals surface area contributed by atoms with Gasteiger partial charge in [0.15, 0.2) is 6.61 Å². The van der Waals surface area contributed by atoms with Gasteiger partial charge in [0.05, 0.1) is 12.2 Å². The van der Waals surface area contributed by atoms with Crippen LogP contribution in [0.5, 0.6) is 5.75 Å². The number of anilines is 1. The highest BCUT2D eigenvalue weighted by atomic mass is 32.1. The molecule has 0 radical (unpaired) electrons. The van der Waals surface area contributed by atoms with Crippen LogP contribution in [-0.4, -0.2) is 25.1 Å².